The lowest BCUT2D eigenvalue weighted by Crippen LogP contribution is -2.30. The fourth-order valence-electron chi connectivity index (χ4n) is 4.26. The molecule has 0 heterocycles. The highest BCUT2D eigenvalue weighted by atomic mass is 35.5. The summed E-state index contributed by atoms with van der Waals surface area (Å²) in [4.78, 5) is 39.9. The van der Waals surface area contributed by atoms with Crippen LogP contribution in [0.2, 0.25) is 10.0 Å². The number of thioether (sulfide) groups is 1. The predicted molar refractivity (Wildman–Crippen MR) is 177 cm³/mol. The van der Waals surface area contributed by atoms with Crippen LogP contribution in [0.15, 0.2) is 126 Å². The molecule has 0 atom stereocenters. The number of anilines is 2. The monoisotopic (exact) mass is 625 g/mol. The molecule has 0 radical (unpaired) electrons. The van der Waals surface area contributed by atoms with E-state index in [1.807, 2.05) is 54.6 Å². The number of benzene rings is 5. The third-order valence-electron chi connectivity index (χ3n) is 6.32. The maximum absolute atomic E-state index is 13.6. The molecule has 0 spiro atoms. The Morgan fingerprint density at radius 3 is 2.30 bits per heavy atom. The Balaban J connectivity index is 1.33. The first kappa shape index (κ1) is 29.9. The van der Waals surface area contributed by atoms with Gasteiger partial charge in [-0.25, -0.2) is 0 Å². The molecule has 0 aromatic heterocycles. The molecular weight excluding hydrogens is 601 g/mol. The molecule has 5 rings (SSSR count). The van der Waals surface area contributed by atoms with Crippen molar-refractivity contribution in [2.45, 2.75) is 4.90 Å². The van der Waals surface area contributed by atoms with Gasteiger partial charge >= 0.3 is 0 Å². The van der Waals surface area contributed by atoms with Crippen LogP contribution in [-0.4, -0.2) is 23.5 Å². The van der Waals surface area contributed by atoms with Crippen molar-refractivity contribution in [1.82, 2.24) is 5.32 Å². The first-order chi connectivity index (χ1) is 20.9. The summed E-state index contributed by atoms with van der Waals surface area (Å²) < 4.78 is 0. The van der Waals surface area contributed by atoms with Crippen LogP contribution in [0.25, 0.3) is 16.8 Å². The summed E-state index contributed by atoms with van der Waals surface area (Å²) >= 11 is 13.4. The summed E-state index contributed by atoms with van der Waals surface area (Å²) in [6.45, 7) is 0. The zero-order valence-electron chi connectivity index (χ0n) is 22.6. The number of fused-ring (bicyclic) bond motifs is 1. The molecule has 0 bridgehead atoms. The maximum Gasteiger partial charge on any atom is 0.272 e. The zero-order valence-corrected chi connectivity index (χ0v) is 25.0. The van der Waals surface area contributed by atoms with Crippen molar-refractivity contribution in [3.8, 4) is 0 Å². The highest BCUT2D eigenvalue weighted by Crippen LogP contribution is 2.27. The minimum atomic E-state index is -0.491. The van der Waals surface area contributed by atoms with Crippen molar-refractivity contribution < 1.29 is 14.4 Å². The van der Waals surface area contributed by atoms with Crippen molar-refractivity contribution in [2.24, 2.45) is 0 Å². The summed E-state index contributed by atoms with van der Waals surface area (Å²) in [5.74, 6) is -1.02. The van der Waals surface area contributed by atoms with Gasteiger partial charge in [-0.15, -0.1) is 11.8 Å². The molecule has 0 saturated carbocycles. The molecule has 0 aliphatic heterocycles. The minimum absolute atomic E-state index is 0.0856. The van der Waals surface area contributed by atoms with E-state index >= 15 is 0 Å². The van der Waals surface area contributed by atoms with E-state index in [0.29, 0.717) is 27.0 Å². The molecule has 43 heavy (non-hydrogen) atoms. The quantitative estimate of drug-likeness (QED) is 0.114. The Morgan fingerprint density at radius 2 is 1.49 bits per heavy atom. The van der Waals surface area contributed by atoms with Gasteiger partial charge in [-0.2, -0.15) is 0 Å². The van der Waals surface area contributed by atoms with E-state index in [2.05, 4.69) is 16.0 Å². The van der Waals surface area contributed by atoms with Crippen LogP contribution in [0.1, 0.15) is 15.9 Å². The van der Waals surface area contributed by atoms with Gasteiger partial charge in [0.2, 0.25) is 5.91 Å². The van der Waals surface area contributed by atoms with E-state index < -0.39 is 11.8 Å². The number of hydrogen-bond acceptors (Lipinski definition) is 4. The van der Waals surface area contributed by atoms with E-state index in [1.165, 1.54) is 11.8 Å². The normalized spacial score (nSPS) is 11.2. The Bertz CT molecular complexity index is 1840. The lowest BCUT2D eigenvalue weighted by atomic mass is 10.0. The molecule has 3 N–H and O–H groups in total. The van der Waals surface area contributed by atoms with E-state index in [4.69, 9.17) is 23.2 Å². The average molecular weight is 627 g/mol. The molecule has 6 nitrogen and oxygen atoms in total. The number of hydrogen-bond donors (Lipinski definition) is 3. The van der Waals surface area contributed by atoms with Crippen LogP contribution in [0.5, 0.6) is 0 Å². The Morgan fingerprint density at radius 1 is 0.744 bits per heavy atom. The summed E-state index contributed by atoms with van der Waals surface area (Å²) in [7, 11) is 0. The highest BCUT2D eigenvalue weighted by Gasteiger charge is 2.16. The summed E-state index contributed by atoms with van der Waals surface area (Å²) in [6, 6.07) is 34.3. The first-order valence-corrected chi connectivity index (χ1v) is 14.9. The van der Waals surface area contributed by atoms with E-state index in [1.54, 1.807) is 66.7 Å². The minimum Gasteiger partial charge on any atom is -0.324 e. The van der Waals surface area contributed by atoms with Crippen molar-refractivity contribution in [3.63, 3.8) is 0 Å². The zero-order chi connectivity index (χ0) is 30.2. The number of rotatable bonds is 9. The van der Waals surface area contributed by atoms with E-state index in [-0.39, 0.29) is 17.4 Å². The fourth-order valence-corrected chi connectivity index (χ4v) is 5.47. The lowest BCUT2D eigenvalue weighted by Gasteiger charge is -2.13. The summed E-state index contributed by atoms with van der Waals surface area (Å²) in [6.07, 6.45) is 1.67. The van der Waals surface area contributed by atoms with Crippen LogP contribution in [0, 0.1) is 0 Å². The molecular formula is C34H25Cl2N3O3S. The Labute approximate surface area is 263 Å². The molecule has 214 valence electrons. The van der Waals surface area contributed by atoms with Crippen molar-refractivity contribution in [3.05, 3.63) is 142 Å². The van der Waals surface area contributed by atoms with Gasteiger partial charge in [0.05, 0.1) is 16.5 Å². The van der Waals surface area contributed by atoms with Gasteiger partial charge in [-0.3, -0.25) is 14.4 Å². The van der Waals surface area contributed by atoms with Crippen molar-refractivity contribution in [1.29, 1.82) is 0 Å². The predicted octanol–water partition coefficient (Wildman–Crippen LogP) is 8.29. The van der Waals surface area contributed by atoms with E-state index in [9.17, 15) is 14.4 Å². The molecule has 0 aliphatic carbocycles. The van der Waals surface area contributed by atoms with Crippen LogP contribution in [0.4, 0.5) is 11.4 Å². The second kappa shape index (κ2) is 14.1. The molecule has 5 aromatic rings. The first-order valence-electron chi connectivity index (χ1n) is 13.2. The number of carbonyl (C=O) groups is 3. The summed E-state index contributed by atoms with van der Waals surface area (Å²) in [5.41, 5.74) is 2.28. The number of halogens is 2. The van der Waals surface area contributed by atoms with Crippen LogP contribution in [0.3, 0.4) is 0 Å². The van der Waals surface area contributed by atoms with Gasteiger partial charge in [0.15, 0.2) is 0 Å². The third-order valence-corrected chi connectivity index (χ3v) is 7.86. The summed E-state index contributed by atoms with van der Waals surface area (Å²) in [5, 5.41) is 11.2. The van der Waals surface area contributed by atoms with Crippen molar-refractivity contribution in [2.75, 3.05) is 16.4 Å². The molecule has 0 unspecified atom stereocenters. The second-order valence-corrected chi connectivity index (χ2v) is 11.3. The maximum atomic E-state index is 13.6. The van der Waals surface area contributed by atoms with Gasteiger partial charge in [-0.1, -0.05) is 89.9 Å². The Kier molecular flexibility index (Phi) is 9.79. The Hall–Kier alpha value is -4.56. The van der Waals surface area contributed by atoms with Crippen LogP contribution in [-0.2, 0) is 9.59 Å². The second-order valence-electron chi connectivity index (χ2n) is 9.39. The van der Waals surface area contributed by atoms with Crippen molar-refractivity contribution >= 4 is 80.9 Å². The molecule has 0 aliphatic rings. The molecule has 0 fully saturated rings. The fraction of sp³-hybridized carbons (Fsp3) is 0.0294. The van der Waals surface area contributed by atoms with Gasteiger partial charge in [0.25, 0.3) is 11.8 Å². The third kappa shape index (κ3) is 8.05. The topological polar surface area (TPSA) is 87.3 Å². The highest BCUT2D eigenvalue weighted by molar-refractivity contribution is 8.00. The van der Waals surface area contributed by atoms with Crippen LogP contribution < -0.4 is 16.0 Å². The molecule has 9 heteroatoms. The average Bonchev–Trinajstić information content (AvgIpc) is 3.02. The van der Waals surface area contributed by atoms with Gasteiger partial charge in [-0.05, 0) is 70.9 Å². The van der Waals surface area contributed by atoms with Crippen LogP contribution >= 0.6 is 35.0 Å². The smallest absolute Gasteiger partial charge is 0.272 e. The molecule has 5 aromatic carbocycles. The van der Waals surface area contributed by atoms with Gasteiger partial charge < -0.3 is 16.0 Å². The standard InChI is InChI=1S/C34H25Cl2N3O3S/c35-25-16-17-30(29(36)19-25)38-32(40)21-43-27-14-7-13-26(20-27)37-34(42)31(39-33(41)23-9-2-1-3-10-23)18-24-12-6-11-22-8-4-5-15-28(22)24/h1-20H,21H2,(H,37,42)(H,38,40)(H,39,41)/b31-18+. The number of nitrogens with one attached hydrogen (secondary N) is 3. The number of carbonyl (C=O) groups excluding carboxylic acids is 3. The SMILES string of the molecule is O=C(CSc1cccc(NC(=O)/C(=C\c2cccc3ccccc23)NC(=O)c2ccccc2)c1)Nc1ccc(Cl)cc1Cl. The lowest BCUT2D eigenvalue weighted by molar-refractivity contribution is -0.114. The van der Waals surface area contributed by atoms with Gasteiger partial charge in [0, 0.05) is 21.2 Å². The molecule has 0 saturated heterocycles. The largest absolute Gasteiger partial charge is 0.324 e. The number of amides is 3. The van der Waals surface area contributed by atoms with E-state index in [0.717, 1.165) is 21.2 Å². The van der Waals surface area contributed by atoms with Gasteiger partial charge in [0.1, 0.15) is 5.70 Å². The molecule has 3 amide bonds.